The Morgan fingerprint density at radius 1 is 1.32 bits per heavy atom. The minimum Gasteiger partial charge on any atom is -0.465 e. The molecule has 0 aliphatic heterocycles. The summed E-state index contributed by atoms with van der Waals surface area (Å²) in [5, 5.41) is 8.24. The van der Waals surface area contributed by atoms with Gasteiger partial charge in [-0.2, -0.15) is 0 Å². The minimum absolute atomic E-state index is 0.187. The second kappa shape index (κ2) is 7.31. The highest BCUT2D eigenvalue weighted by molar-refractivity contribution is 7.99. The number of ether oxygens (including phenoxy) is 1. The maximum absolute atomic E-state index is 11.7. The number of methoxy groups -OCH3 is 1. The van der Waals surface area contributed by atoms with Crippen LogP contribution in [0.1, 0.15) is 17.3 Å². The number of esters is 1. The topological polar surface area (TPSA) is 122 Å². The number of nitrogens with two attached hydrogens (primary N) is 1. The standard InChI is InChI=1S/C18H16N6O3S/c1-3-24-13-8-14(28-11-6-4-5-10(7-11)18(25)26-2)20-9-12(13)21-17(24)15-16(19)23-27-22-15/h4-9H,3H2,1-2H3,(H2,19,23). The van der Waals surface area contributed by atoms with E-state index in [9.17, 15) is 4.79 Å². The number of aromatic nitrogens is 5. The summed E-state index contributed by atoms with van der Waals surface area (Å²) in [5.74, 6) is 0.387. The van der Waals surface area contributed by atoms with Crippen LogP contribution in [0.25, 0.3) is 22.6 Å². The molecule has 0 amide bonds. The van der Waals surface area contributed by atoms with E-state index in [-0.39, 0.29) is 11.8 Å². The summed E-state index contributed by atoms with van der Waals surface area (Å²) in [6, 6.07) is 9.14. The van der Waals surface area contributed by atoms with Crippen LogP contribution in [0, 0.1) is 0 Å². The first-order valence-corrected chi connectivity index (χ1v) is 9.23. The van der Waals surface area contributed by atoms with Gasteiger partial charge in [-0.15, -0.1) is 0 Å². The molecule has 1 aromatic carbocycles. The van der Waals surface area contributed by atoms with Gasteiger partial charge in [0, 0.05) is 11.4 Å². The molecule has 4 rings (SSSR count). The number of hydrogen-bond acceptors (Lipinski definition) is 9. The van der Waals surface area contributed by atoms with Crippen molar-refractivity contribution in [3.8, 4) is 11.5 Å². The Labute approximate surface area is 163 Å². The van der Waals surface area contributed by atoms with Gasteiger partial charge in [-0.1, -0.05) is 17.8 Å². The Bertz CT molecular complexity index is 1170. The van der Waals surface area contributed by atoms with Gasteiger partial charge >= 0.3 is 5.97 Å². The third kappa shape index (κ3) is 3.18. The van der Waals surface area contributed by atoms with E-state index in [0.717, 1.165) is 15.4 Å². The van der Waals surface area contributed by atoms with E-state index in [1.54, 1.807) is 18.3 Å². The van der Waals surface area contributed by atoms with Crippen molar-refractivity contribution >= 4 is 34.6 Å². The van der Waals surface area contributed by atoms with Gasteiger partial charge in [0.25, 0.3) is 0 Å². The number of carbonyl (C=O) groups excluding carboxylic acids is 1. The molecule has 4 aromatic rings. The molecule has 9 nitrogen and oxygen atoms in total. The highest BCUT2D eigenvalue weighted by Gasteiger charge is 2.19. The molecule has 3 aromatic heterocycles. The lowest BCUT2D eigenvalue weighted by Crippen LogP contribution is -2.00. The zero-order valence-corrected chi connectivity index (χ0v) is 15.9. The average molecular weight is 396 g/mol. The molecule has 0 aliphatic carbocycles. The van der Waals surface area contributed by atoms with Crippen molar-refractivity contribution in [2.45, 2.75) is 23.4 Å². The first-order valence-electron chi connectivity index (χ1n) is 8.41. The number of imidazole rings is 1. The van der Waals surface area contributed by atoms with E-state index in [1.807, 2.05) is 29.7 Å². The van der Waals surface area contributed by atoms with Crippen molar-refractivity contribution in [2.75, 3.05) is 12.8 Å². The zero-order chi connectivity index (χ0) is 19.7. The van der Waals surface area contributed by atoms with Crippen molar-refractivity contribution in [2.24, 2.45) is 0 Å². The lowest BCUT2D eigenvalue weighted by atomic mass is 10.2. The minimum atomic E-state index is -0.377. The molecule has 0 saturated carbocycles. The molecule has 0 spiro atoms. The fourth-order valence-corrected chi connectivity index (χ4v) is 3.69. The van der Waals surface area contributed by atoms with E-state index in [1.165, 1.54) is 18.9 Å². The number of fused-ring (bicyclic) bond motifs is 1. The lowest BCUT2D eigenvalue weighted by molar-refractivity contribution is 0.0600. The van der Waals surface area contributed by atoms with Crippen molar-refractivity contribution in [1.29, 1.82) is 0 Å². The lowest BCUT2D eigenvalue weighted by Gasteiger charge is -2.06. The van der Waals surface area contributed by atoms with Gasteiger partial charge in [0.15, 0.2) is 17.3 Å². The SMILES string of the molecule is CCn1c(-c2nonc2N)nc2cnc(Sc3cccc(C(=O)OC)c3)cc21. The first-order chi connectivity index (χ1) is 13.6. The number of pyridine rings is 1. The van der Waals surface area contributed by atoms with Crippen LogP contribution in [0.3, 0.4) is 0 Å². The number of hydrogen-bond donors (Lipinski definition) is 1. The van der Waals surface area contributed by atoms with Crippen LogP contribution in [-0.4, -0.2) is 37.9 Å². The number of aryl methyl sites for hydroxylation is 1. The summed E-state index contributed by atoms with van der Waals surface area (Å²) in [6.07, 6.45) is 1.70. The highest BCUT2D eigenvalue weighted by Crippen LogP contribution is 2.31. The summed E-state index contributed by atoms with van der Waals surface area (Å²) in [5.41, 5.74) is 8.32. The summed E-state index contributed by atoms with van der Waals surface area (Å²) in [6.45, 7) is 2.66. The van der Waals surface area contributed by atoms with Crippen LogP contribution in [0.15, 0.2) is 51.1 Å². The van der Waals surface area contributed by atoms with Crippen LogP contribution in [-0.2, 0) is 11.3 Å². The molecule has 0 fully saturated rings. The summed E-state index contributed by atoms with van der Waals surface area (Å²) < 4.78 is 11.4. The Kier molecular flexibility index (Phi) is 4.70. The number of rotatable bonds is 5. The van der Waals surface area contributed by atoms with Crippen LogP contribution in [0.5, 0.6) is 0 Å². The molecular weight excluding hydrogens is 380 g/mol. The van der Waals surface area contributed by atoms with Crippen molar-refractivity contribution in [3.63, 3.8) is 0 Å². The van der Waals surface area contributed by atoms with Gasteiger partial charge in [-0.25, -0.2) is 19.4 Å². The largest absolute Gasteiger partial charge is 0.465 e. The number of nitrogen functional groups attached to an aromatic ring is 1. The van der Waals surface area contributed by atoms with Crippen molar-refractivity contribution < 1.29 is 14.2 Å². The normalized spacial score (nSPS) is 11.1. The van der Waals surface area contributed by atoms with Crippen molar-refractivity contribution in [3.05, 3.63) is 42.1 Å². The molecule has 0 unspecified atom stereocenters. The van der Waals surface area contributed by atoms with Crippen LogP contribution in [0.2, 0.25) is 0 Å². The molecule has 0 radical (unpaired) electrons. The molecule has 2 N–H and O–H groups in total. The van der Waals surface area contributed by atoms with Crippen LogP contribution < -0.4 is 5.73 Å². The zero-order valence-electron chi connectivity index (χ0n) is 15.1. The highest BCUT2D eigenvalue weighted by atomic mass is 32.2. The molecule has 28 heavy (non-hydrogen) atoms. The maximum atomic E-state index is 11.7. The fourth-order valence-electron chi connectivity index (χ4n) is 2.84. The Hall–Kier alpha value is -3.40. The Morgan fingerprint density at radius 3 is 2.89 bits per heavy atom. The molecule has 0 saturated heterocycles. The third-order valence-electron chi connectivity index (χ3n) is 4.13. The average Bonchev–Trinajstić information content (AvgIpc) is 3.29. The molecule has 3 heterocycles. The fraction of sp³-hybridized carbons (Fsp3) is 0.167. The molecular formula is C18H16N6O3S. The number of benzene rings is 1. The Balaban J connectivity index is 1.72. The second-order valence-electron chi connectivity index (χ2n) is 5.81. The monoisotopic (exact) mass is 396 g/mol. The van der Waals surface area contributed by atoms with Crippen LogP contribution in [0.4, 0.5) is 5.82 Å². The number of nitrogens with zero attached hydrogens (tertiary/aromatic N) is 5. The molecule has 0 bridgehead atoms. The summed E-state index contributed by atoms with van der Waals surface area (Å²) >= 11 is 1.44. The van der Waals surface area contributed by atoms with Gasteiger partial charge in [-0.05, 0) is 41.5 Å². The van der Waals surface area contributed by atoms with E-state index in [0.29, 0.717) is 29.1 Å². The first kappa shape index (κ1) is 18.0. The van der Waals surface area contributed by atoms with Gasteiger partial charge in [0.1, 0.15) is 10.5 Å². The van der Waals surface area contributed by atoms with E-state index >= 15 is 0 Å². The third-order valence-corrected chi connectivity index (χ3v) is 5.05. The quantitative estimate of drug-likeness (QED) is 0.507. The van der Waals surface area contributed by atoms with Crippen LogP contribution >= 0.6 is 11.8 Å². The number of anilines is 1. The summed E-state index contributed by atoms with van der Waals surface area (Å²) in [7, 11) is 1.36. The molecule has 142 valence electrons. The molecule has 10 heteroatoms. The number of carbonyl (C=O) groups is 1. The molecule has 0 aliphatic rings. The van der Waals surface area contributed by atoms with Gasteiger partial charge in [0.2, 0.25) is 0 Å². The Morgan fingerprint density at radius 2 is 2.18 bits per heavy atom. The predicted octanol–water partition coefficient (Wildman–Crippen LogP) is 3.02. The predicted molar refractivity (Wildman–Crippen MR) is 103 cm³/mol. The van der Waals surface area contributed by atoms with E-state index in [4.69, 9.17) is 15.1 Å². The van der Waals surface area contributed by atoms with E-state index in [2.05, 4.69) is 20.3 Å². The van der Waals surface area contributed by atoms with Gasteiger partial charge in [0.05, 0.1) is 24.4 Å². The van der Waals surface area contributed by atoms with Gasteiger partial charge < -0.3 is 15.0 Å². The summed E-state index contributed by atoms with van der Waals surface area (Å²) in [4.78, 5) is 21.6. The van der Waals surface area contributed by atoms with Gasteiger partial charge in [-0.3, -0.25) is 0 Å². The van der Waals surface area contributed by atoms with Crippen molar-refractivity contribution in [1.82, 2.24) is 24.8 Å². The van der Waals surface area contributed by atoms with E-state index < -0.39 is 0 Å². The smallest absolute Gasteiger partial charge is 0.337 e. The second-order valence-corrected chi connectivity index (χ2v) is 6.90. The maximum Gasteiger partial charge on any atom is 0.337 e. The molecule has 0 atom stereocenters.